The molecule has 2 aromatic rings. The Balaban J connectivity index is 0.000000924. The Kier molecular flexibility index (Phi) is 5.80. The zero-order valence-corrected chi connectivity index (χ0v) is 16.0. The van der Waals surface area contributed by atoms with Crippen molar-refractivity contribution in [2.24, 2.45) is 0 Å². The van der Waals surface area contributed by atoms with Crippen molar-refractivity contribution >= 4 is 11.8 Å². The van der Waals surface area contributed by atoms with Crippen LogP contribution >= 0.6 is 11.8 Å². The summed E-state index contributed by atoms with van der Waals surface area (Å²) in [6.45, 7) is 10.9. The number of hydrogen-bond acceptors (Lipinski definition) is 2. The summed E-state index contributed by atoms with van der Waals surface area (Å²) in [4.78, 5) is 1.45. The molecule has 0 spiro atoms. The van der Waals surface area contributed by atoms with Crippen molar-refractivity contribution in [2.75, 3.05) is 12.9 Å². The van der Waals surface area contributed by atoms with Crippen LogP contribution in [0.15, 0.2) is 47.4 Å². The largest absolute Gasteiger partial charge is 0.497 e. The maximum absolute atomic E-state index is 5.28. The highest BCUT2D eigenvalue weighted by molar-refractivity contribution is 7.99. The second-order valence-corrected chi connectivity index (χ2v) is 7.21. The van der Waals surface area contributed by atoms with Gasteiger partial charge in [-0.3, -0.25) is 0 Å². The molecule has 0 bridgehead atoms. The fraction of sp³-hybridized carbons (Fsp3) is 0.429. The third kappa shape index (κ3) is 3.42. The average molecular weight is 329 g/mol. The van der Waals surface area contributed by atoms with Crippen LogP contribution in [0.1, 0.15) is 50.3 Å². The SMILES string of the molecule is CC.COc1ccc(C2(C)CSc3cc(C)ccc3C2C)cc1. The van der Waals surface area contributed by atoms with Crippen LogP contribution in [0.5, 0.6) is 5.75 Å². The van der Waals surface area contributed by atoms with Crippen molar-refractivity contribution in [3.05, 3.63) is 59.2 Å². The molecule has 0 aromatic heterocycles. The minimum atomic E-state index is 0.166. The fourth-order valence-corrected chi connectivity index (χ4v) is 4.68. The lowest BCUT2D eigenvalue weighted by Gasteiger charge is -2.41. The van der Waals surface area contributed by atoms with E-state index in [1.54, 1.807) is 7.11 Å². The van der Waals surface area contributed by atoms with Gasteiger partial charge in [0.15, 0.2) is 0 Å². The van der Waals surface area contributed by atoms with Gasteiger partial charge in [0.2, 0.25) is 0 Å². The van der Waals surface area contributed by atoms with Crippen LogP contribution in [0.25, 0.3) is 0 Å². The molecule has 1 aliphatic rings. The number of ether oxygens (including phenoxy) is 1. The van der Waals surface area contributed by atoms with Gasteiger partial charge < -0.3 is 4.74 Å². The lowest BCUT2D eigenvalue weighted by atomic mass is 9.70. The summed E-state index contributed by atoms with van der Waals surface area (Å²) >= 11 is 1.99. The Hall–Kier alpha value is -1.41. The highest BCUT2D eigenvalue weighted by atomic mass is 32.2. The number of thioether (sulfide) groups is 1. The summed E-state index contributed by atoms with van der Waals surface area (Å²) in [7, 11) is 1.72. The molecule has 23 heavy (non-hydrogen) atoms. The van der Waals surface area contributed by atoms with Crippen molar-refractivity contribution < 1.29 is 4.74 Å². The van der Waals surface area contributed by atoms with E-state index in [0.717, 1.165) is 11.5 Å². The van der Waals surface area contributed by atoms with Crippen LogP contribution in [0, 0.1) is 6.92 Å². The number of hydrogen-bond donors (Lipinski definition) is 0. The third-order valence-corrected chi connectivity index (χ3v) is 6.28. The molecule has 2 atom stereocenters. The monoisotopic (exact) mass is 328 g/mol. The zero-order valence-electron chi connectivity index (χ0n) is 15.1. The molecule has 0 fully saturated rings. The molecule has 124 valence electrons. The predicted molar refractivity (Wildman–Crippen MR) is 102 cm³/mol. The standard InChI is InChI=1S/C19H22OS.C2H6/c1-13-5-10-17-14(2)19(3,12-21-18(17)11-13)15-6-8-16(20-4)9-7-15;1-2/h5-11,14H,12H2,1-4H3;1-2H3. The molecular weight excluding hydrogens is 300 g/mol. The first-order valence-electron chi connectivity index (χ1n) is 8.42. The van der Waals surface area contributed by atoms with Gasteiger partial charge in [-0.15, -0.1) is 11.8 Å². The summed E-state index contributed by atoms with van der Waals surface area (Å²) < 4.78 is 5.28. The van der Waals surface area contributed by atoms with E-state index < -0.39 is 0 Å². The van der Waals surface area contributed by atoms with Gasteiger partial charge in [0.1, 0.15) is 5.75 Å². The molecule has 0 N–H and O–H groups in total. The van der Waals surface area contributed by atoms with E-state index in [1.165, 1.54) is 21.6 Å². The lowest BCUT2D eigenvalue weighted by Crippen LogP contribution is -2.34. The Bertz CT molecular complexity index is 647. The van der Waals surface area contributed by atoms with Crippen LogP contribution in [-0.2, 0) is 5.41 Å². The number of aryl methyl sites for hydroxylation is 1. The van der Waals surface area contributed by atoms with Crippen LogP contribution in [0.2, 0.25) is 0 Å². The molecule has 2 unspecified atom stereocenters. The second-order valence-electron chi connectivity index (χ2n) is 6.20. The topological polar surface area (TPSA) is 9.23 Å². The maximum Gasteiger partial charge on any atom is 0.118 e. The maximum atomic E-state index is 5.28. The van der Waals surface area contributed by atoms with Crippen molar-refractivity contribution in [2.45, 2.75) is 50.8 Å². The van der Waals surface area contributed by atoms with Crippen LogP contribution in [0.4, 0.5) is 0 Å². The first-order valence-corrected chi connectivity index (χ1v) is 9.41. The van der Waals surface area contributed by atoms with Gasteiger partial charge in [0.25, 0.3) is 0 Å². The normalized spacial score (nSPS) is 22.6. The molecule has 2 heteroatoms. The van der Waals surface area contributed by atoms with E-state index in [1.807, 2.05) is 25.6 Å². The minimum Gasteiger partial charge on any atom is -0.497 e. The highest BCUT2D eigenvalue weighted by Gasteiger charge is 2.38. The van der Waals surface area contributed by atoms with E-state index in [4.69, 9.17) is 4.74 Å². The van der Waals surface area contributed by atoms with Gasteiger partial charge in [-0.25, -0.2) is 0 Å². The van der Waals surface area contributed by atoms with E-state index in [9.17, 15) is 0 Å². The van der Waals surface area contributed by atoms with Gasteiger partial charge in [-0.1, -0.05) is 57.5 Å². The molecular formula is C21H28OS. The van der Waals surface area contributed by atoms with E-state index in [-0.39, 0.29) is 5.41 Å². The molecule has 1 aliphatic heterocycles. The molecule has 3 rings (SSSR count). The highest BCUT2D eigenvalue weighted by Crippen LogP contribution is 2.49. The summed E-state index contributed by atoms with van der Waals surface area (Å²) in [5.74, 6) is 2.56. The Morgan fingerprint density at radius 2 is 1.74 bits per heavy atom. The summed E-state index contributed by atoms with van der Waals surface area (Å²) in [6, 6.07) is 15.4. The molecule has 0 amide bonds. The third-order valence-electron chi connectivity index (χ3n) is 4.87. The summed E-state index contributed by atoms with van der Waals surface area (Å²) in [5.41, 5.74) is 4.39. The molecule has 0 aliphatic carbocycles. The minimum absolute atomic E-state index is 0.166. The molecule has 2 aromatic carbocycles. The van der Waals surface area contributed by atoms with Gasteiger partial charge in [-0.2, -0.15) is 0 Å². The number of fused-ring (bicyclic) bond motifs is 1. The van der Waals surface area contributed by atoms with Crippen LogP contribution in [-0.4, -0.2) is 12.9 Å². The molecule has 1 heterocycles. The first kappa shape index (κ1) is 17.9. The van der Waals surface area contributed by atoms with Crippen LogP contribution in [0.3, 0.4) is 0 Å². The van der Waals surface area contributed by atoms with Crippen molar-refractivity contribution in [3.8, 4) is 5.75 Å². The van der Waals surface area contributed by atoms with E-state index in [0.29, 0.717) is 5.92 Å². The predicted octanol–water partition coefficient (Wildman–Crippen LogP) is 6.20. The van der Waals surface area contributed by atoms with Gasteiger partial charge >= 0.3 is 0 Å². The van der Waals surface area contributed by atoms with Gasteiger partial charge in [0.05, 0.1) is 7.11 Å². The molecule has 0 saturated carbocycles. The van der Waals surface area contributed by atoms with Crippen molar-refractivity contribution in [1.29, 1.82) is 0 Å². The Labute approximate surface area is 145 Å². The number of methoxy groups -OCH3 is 1. The Morgan fingerprint density at radius 3 is 2.35 bits per heavy atom. The molecule has 1 nitrogen and oxygen atoms in total. The molecule has 0 saturated heterocycles. The van der Waals surface area contributed by atoms with Crippen LogP contribution < -0.4 is 4.74 Å². The van der Waals surface area contributed by atoms with Crippen molar-refractivity contribution in [3.63, 3.8) is 0 Å². The first-order chi connectivity index (χ1) is 11.0. The second kappa shape index (κ2) is 7.44. The average Bonchev–Trinajstić information content (AvgIpc) is 2.60. The number of rotatable bonds is 2. The quantitative estimate of drug-likeness (QED) is 0.649. The summed E-state index contributed by atoms with van der Waals surface area (Å²) in [5, 5.41) is 0. The fourth-order valence-electron chi connectivity index (χ4n) is 3.13. The lowest BCUT2D eigenvalue weighted by molar-refractivity contribution is 0.411. The van der Waals surface area contributed by atoms with Gasteiger partial charge in [-0.05, 0) is 42.2 Å². The van der Waals surface area contributed by atoms with Crippen molar-refractivity contribution in [1.82, 2.24) is 0 Å². The molecule has 0 radical (unpaired) electrons. The van der Waals surface area contributed by atoms with E-state index in [2.05, 4.69) is 63.2 Å². The Morgan fingerprint density at radius 1 is 1.09 bits per heavy atom. The number of benzene rings is 2. The van der Waals surface area contributed by atoms with E-state index >= 15 is 0 Å². The van der Waals surface area contributed by atoms with Gasteiger partial charge in [0, 0.05) is 16.1 Å². The summed E-state index contributed by atoms with van der Waals surface area (Å²) in [6.07, 6.45) is 0. The smallest absolute Gasteiger partial charge is 0.118 e. The zero-order chi connectivity index (χ0) is 17.0.